The summed E-state index contributed by atoms with van der Waals surface area (Å²) < 4.78 is 5.46. The van der Waals surface area contributed by atoms with E-state index in [9.17, 15) is 14.9 Å². The number of ether oxygens (including phenoxy) is 1. The molecule has 30 heavy (non-hydrogen) atoms. The van der Waals surface area contributed by atoms with Gasteiger partial charge in [0.15, 0.2) is 0 Å². The van der Waals surface area contributed by atoms with Crippen molar-refractivity contribution in [3.63, 3.8) is 0 Å². The number of pyridine rings is 2. The molecule has 0 spiro atoms. The van der Waals surface area contributed by atoms with Gasteiger partial charge in [0.2, 0.25) is 5.82 Å². The van der Waals surface area contributed by atoms with Crippen molar-refractivity contribution in [3.8, 4) is 0 Å². The molecule has 3 rings (SSSR count). The minimum atomic E-state index is -0.545. The maximum atomic E-state index is 12.4. The van der Waals surface area contributed by atoms with Crippen molar-refractivity contribution in [1.29, 1.82) is 0 Å². The molecule has 0 aromatic carbocycles. The number of carbonyl (C=O) groups is 1. The van der Waals surface area contributed by atoms with Crippen LogP contribution in [-0.4, -0.2) is 57.7 Å². The molecule has 1 fully saturated rings. The van der Waals surface area contributed by atoms with Crippen LogP contribution in [0.25, 0.3) is 0 Å². The van der Waals surface area contributed by atoms with Gasteiger partial charge >= 0.3 is 11.8 Å². The topological polar surface area (TPSA) is 114 Å². The molecule has 10 heteroatoms. The van der Waals surface area contributed by atoms with Crippen LogP contribution in [0.2, 0.25) is 0 Å². The van der Waals surface area contributed by atoms with E-state index in [1.807, 2.05) is 25.7 Å². The summed E-state index contributed by atoms with van der Waals surface area (Å²) in [4.78, 5) is 35.5. The van der Waals surface area contributed by atoms with E-state index in [1.165, 1.54) is 6.07 Å². The van der Waals surface area contributed by atoms with E-state index in [0.717, 1.165) is 6.42 Å². The molecule has 1 saturated heterocycles. The molecule has 10 nitrogen and oxygen atoms in total. The zero-order valence-electron chi connectivity index (χ0n) is 17.4. The van der Waals surface area contributed by atoms with Crippen LogP contribution >= 0.6 is 0 Å². The van der Waals surface area contributed by atoms with Gasteiger partial charge in [0.1, 0.15) is 11.4 Å². The van der Waals surface area contributed by atoms with E-state index in [0.29, 0.717) is 37.7 Å². The standard InChI is InChI=1S/C20H26N6O4/c1-20(2,3)30-19(27)25-12-4-11-24(13-14-25)17-6-5-16(26(28)29)18(23-17)22-15-7-9-21-10-8-15/h5-10H,4,11-14H2,1-3H3,(H,21,22,23). The van der Waals surface area contributed by atoms with Gasteiger partial charge in [-0.25, -0.2) is 9.78 Å². The largest absolute Gasteiger partial charge is 0.444 e. The molecule has 3 heterocycles. The molecular weight excluding hydrogens is 388 g/mol. The molecule has 2 aromatic heterocycles. The van der Waals surface area contributed by atoms with Crippen molar-refractivity contribution in [1.82, 2.24) is 14.9 Å². The molecule has 0 atom stereocenters. The van der Waals surface area contributed by atoms with Crippen LogP contribution in [0.4, 0.5) is 27.8 Å². The minimum Gasteiger partial charge on any atom is -0.444 e. The maximum Gasteiger partial charge on any atom is 0.410 e. The molecule has 0 aliphatic carbocycles. The first kappa shape index (κ1) is 21.3. The predicted molar refractivity (Wildman–Crippen MR) is 113 cm³/mol. The molecule has 1 N–H and O–H groups in total. The van der Waals surface area contributed by atoms with Crippen molar-refractivity contribution in [2.24, 2.45) is 0 Å². The summed E-state index contributed by atoms with van der Waals surface area (Å²) >= 11 is 0. The first-order valence-corrected chi connectivity index (χ1v) is 9.78. The van der Waals surface area contributed by atoms with E-state index < -0.39 is 10.5 Å². The van der Waals surface area contributed by atoms with Crippen LogP contribution < -0.4 is 10.2 Å². The molecule has 160 valence electrons. The fraction of sp³-hybridized carbons (Fsp3) is 0.450. The maximum absolute atomic E-state index is 12.4. The average molecular weight is 414 g/mol. The molecule has 0 bridgehead atoms. The lowest BCUT2D eigenvalue weighted by atomic mass is 10.2. The number of hydrogen-bond donors (Lipinski definition) is 1. The number of nitrogens with one attached hydrogen (secondary N) is 1. The molecule has 0 radical (unpaired) electrons. The predicted octanol–water partition coefficient (Wildman–Crippen LogP) is 3.58. The molecule has 0 saturated carbocycles. The van der Waals surface area contributed by atoms with Crippen LogP contribution in [0.5, 0.6) is 0 Å². The Balaban J connectivity index is 1.76. The summed E-state index contributed by atoms with van der Waals surface area (Å²) in [6.45, 7) is 7.83. The van der Waals surface area contributed by atoms with E-state index in [2.05, 4.69) is 15.3 Å². The summed E-state index contributed by atoms with van der Waals surface area (Å²) in [5, 5.41) is 14.4. The first-order valence-electron chi connectivity index (χ1n) is 9.78. The normalized spacial score (nSPS) is 14.8. The molecule has 1 amide bonds. The molecule has 1 aliphatic heterocycles. The van der Waals surface area contributed by atoms with Gasteiger partial charge < -0.3 is 19.9 Å². The Labute approximate surface area is 175 Å². The summed E-state index contributed by atoms with van der Waals surface area (Å²) in [7, 11) is 0. The van der Waals surface area contributed by atoms with Crippen LogP contribution in [0.15, 0.2) is 36.7 Å². The van der Waals surface area contributed by atoms with Crippen LogP contribution in [0.1, 0.15) is 27.2 Å². The zero-order valence-corrected chi connectivity index (χ0v) is 17.4. The quantitative estimate of drug-likeness (QED) is 0.596. The van der Waals surface area contributed by atoms with Crippen molar-refractivity contribution >= 4 is 29.1 Å². The second-order valence-electron chi connectivity index (χ2n) is 7.96. The molecular formula is C20H26N6O4. The van der Waals surface area contributed by atoms with Gasteiger partial charge in [-0.2, -0.15) is 0 Å². The van der Waals surface area contributed by atoms with Gasteiger partial charge in [0, 0.05) is 50.3 Å². The lowest BCUT2D eigenvalue weighted by molar-refractivity contribution is -0.384. The van der Waals surface area contributed by atoms with E-state index >= 15 is 0 Å². The Kier molecular flexibility index (Phi) is 6.34. The highest BCUT2D eigenvalue weighted by molar-refractivity contribution is 5.69. The number of nitro groups is 1. The average Bonchev–Trinajstić information content (AvgIpc) is 2.93. The number of amides is 1. The number of hydrogen-bond acceptors (Lipinski definition) is 8. The van der Waals surface area contributed by atoms with Crippen molar-refractivity contribution in [2.45, 2.75) is 32.8 Å². The summed E-state index contributed by atoms with van der Waals surface area (Å²) in [5.74, 6) is 0.778. The van der Waals surface area contributed by atoms with Crippen molar-refractivity contribution < 1.29 is 14.5 Å². The number of rotatable bonds is 4. The van der Waals surface area contributed by atoms with Gasteiger partial charge in [-0.15, -0.1) is 0 Å². The summed E-state index contributed by atoms with van der Waals surface area (Å²) in [6, 6.07) is 6.51. The Hall–Kier alpha value is -3.43. The second-order valence-corrected chi connectivity index (χ2v) is 7.96. The first-order chi connectivity index (χ1) is 14.2. The summed E-state index contributed by atoms with van der Waals surface area (Å²) in [6.07, 6.45) is 3.60. The van der Waals surface area contributed by atoms with Gasteiger partial charge in [-0.3, -0.25) is 15.1 Å². The third-order valence-corrected chi connectivity index (χ3v) is 4.47. The second kappa shape index (κ2) is 8.93. The van der Waals surface area contributed by atoms with Gasteiger partial charge in [-0.05, 0) is 45.4 Å². The van der Waals surface area contributed by atoms with Crippen molar-refractivity contribution in [2.75, 3.05) is 36.4 Å². The smallest absolute Gasteiger partial charge is 0.410 e. The number of carbonyl (C=O) groups excluding carboxylic acids is 1. The Bertz CT molecular complexity index is 900. The van der Waals surface area contributed by atoms with Crippen molar-refractivity contribution in [3.05, 3.63) is 46.8 Å². The van der Waals surface area contributed by atoms with Crippen LogP contribution in [0, 0.1) is 10.1 Å². The SMILES string of the molecule is CC(C)(C)OC(=O)N1CCCN(c2ccc([N+](=O)[O-])c(Nc3ccncc3)n2)CC1. The fourth-order valence-corrected chi connectivity index (χ4v) is 3.08. The highest BCUT2D eigenvalue weighted by Gasteiger charge is 2.26. The van der Waals surface area contributed by atoms with Crippen LogP contribution in [-0.2, 0) is 4.74 Å². The fourth-order valence-electron chi connectivity index (χ4n) is 3.08. The number of nitrogens with zero attached hydrogens (tertiary/aromatic N) is 5. The number of aromatic nitrogens is 2. The number of anilines is 3. The Morgan fingerprint density at radius 2 is 1.87 bits per heavy atom. The Morgan fingerprint density at radius 1 is 1.13 bits per heavy atom. The molecule has 2 aromatic rings. The minimum absolute atomic E-state index is 0.110. The third kappa shape index (κ3) is 5.56. The summed E-state index contributed by atoms with van der Waals surface area (Å²) in [5.41, 5.74) is 0.00163. The molecule has 0 unspecified atom stereocenters. The highest BCUT2D eigenvalue weighted by atomic mass is 16.6. The van der Waals surface area contributed by atoms with E-state index in [1.54, 1.807) is 35.5 Å². The zero-order chi connectivity index (χ0) is 21.7. The van der Waals surface area contributed by atoms with E-state index in [4.69, 9.17) is 4.74 Å². The monoisotopic (exact) mass is 414 g/mol. The van der Waals surface area contributed by atoms with E-state index in [-0.39, 0.29) is 17.6 Å². The third-order valence-electron chi connectivity index (χ3n) is 4.47. The van der Waals surface area contributed by atoms with Gasteiger partial charge in [0.05, 0.1) is 4.92 Å². The Morgan fingerprint density at radius 3 is 2.53 bits per heavy atom. The lowest BCUT2D eigenvalue weighted by Crippen LogP contribution is -2.39. The van der Waals surface area contributed by atoms with Crippen LogP contribution in [0.3, 0.4) is 0 Å². The van der Waals surface area contributed by atoms with Gasteiger partial charge in [0.25, 0.3) is 0 Å². The van der Waals surface area contributed by atoms with Gasteiger partial charge in [-0.1, -0.05) is 0 Å². The molecule has 1 aliphatic rings. The lowest BCUT2D eigenvalue weighted by Gasteiger charge is -2.26. The highest BCUT2D eigenvalue weighted by Crippen LogP contribution is 2.29.